The van der Waals surface area contributed by atoms with Gasteiger partial charge in [-0.05, 0) is 43.5 Å². The zero-order chi connectivity index (χ0) is 19.0. The van der Waals surface area contributed by atoms with Gasteiger partial charge in [0.25, 0.3) is 0 Å². The van der Waals surface area contributed by atoms with E-state index in [0.29, 0.717) is 18.2 Å². The number of guanidine groups is 1. The fourth-order valence-corrected chi connectivity index (χ4v) is 2.97. The second kappa shape index (κ2) is 9.30. The lowest BCUT2D eigenvalue weighted by molar-refractivity contribution is -0.114. The number of hydrogen-bond donors (Lipinski definition) is 4. The van der Waals surface area contributed by atoms with Crippen LogP contribution < -0.4 is 16.0 Å². The number of halogens is 1. The molecule has 0 saturated carbocycles. The topological polar surface area (TPSA) is 85.8 Å². The first-order chi connectivity index (χ1) is 12.4. The molecule has 0 aliphatic rings. The Balaban J connectivity index is 1.92. The summed E-state index contributed by atoms with van der Waals surface area (Å²) in [7, 11) is 0. The molecule has 1 aromatic heterocycles. The van der Waals surface area contributed by atoms with Crippen molar-refractivity contribution < 1.29 is 14.3 Å². The van der Waals surface area contributed by atoms with Crippen LogP contribution in [-0.2, 0) is 10.4 Å². The Kier molecular flexibility index (Phi) is 7.11. The molecule has 1 atom stereocenters. The summed E-state index contributed by atoms with van der Waals surface area (Å²) in [5.74, 6) is -0.367. The number of hydrogen-bond acceptors (Lipinski definition) is 4. The number of nitrogens with one attached hydrogen (secondary N) is 3. The zero-order valence-electron chi connectivity index (χ0n) is 14.8. The molecule has 0 fully saturated rings. The number of rotatable bonds is 7. The number of anilines is 1. The molecule has 2 rings (SSSR count). The molecule has 0 saturated heterocycles. The summed E-state index contributed by atoms with van der Waals surface area (Å²) in [4.78, 5) is 17.0. The van der Waals surface area contributed by atoms with Gasteiger partial charge >= 0.3 is 0 Å². The van der Waals surface area contributed by atoms with Gasteiger partial charge in [-0.3, -0.25) is 4.79 Å². The summed E-state index contributed by atoms with van der Waals surface area (Å²) in [6.45, 7) is 4.34. The monoisotopic (exact) mass is 378 g/mol. The van der Waals surface area contributed by atoms with Gasteiger partial charge in [-0.25, -0.2) is 9.38 Å². The highest BCUT2D eigenvalue weighted by atomic mass is 32.1. The van der Waals surface area contributed by atoms with Gasteiger partial charge in [0.1, 0.15) is 18.0 Å². The molecular weight excluding hydrogens is 355 g/mol. The van der Waals surface area contributed by atoms with E-state index >= 15 is 0 Å². The fraction of sp³-hybridized carbons (Fsp3) is 0.333. The first-order valence-electron chi connectivity index (χ1n) is 8.24. The summed E-state index contributed by atoms with van der Waals surface area (Å²) in [5.41, 5.74) is -0.669. The van der Waals surface area contributed by atoms with Gasteiger partial charge in [0.2, 0.25) is 5.91 Å². The Hall–Kier alpha value is -2.45. The third-order valence-corrected chi connectivity index (χ3v) is 4.61. The van der Waals surface area contributed by atoms with E-state index in [9.17, 15) is 14.3 Å². The molecule has 140 valence electrons. The minimum absolute atomic E-state index is 0.132. The van der Waals surface area contributed by atoms with Crippen molar-refractivity contribution in [3.8, 4) is 0 Å². The van der Waals surface area contributed by atoms with Crippen LogP contribution in [-0.4, -0.2) is 36.6 Å². The van der Waals surface area contributed by atoms with Crippen molar-refractivity contribution in [1.82, 2.24) is 10.6 Å². The molecule has 1 aromatic carbocycles. The normalized spacial score (nSPS) is 13.8. The number of carbonyl (C=O) groups is 1. The van der Waals surface area contributed by atoms with Gasteiger partial charge in [-0.1, -0.05) is 12.1 Å². The van der Waals surface area contributed by atoms with Crippen LogP contribution in [0.4, 0.5) is 10.1 Å². The average Bonchev–Trinajstić information content (AvgIpc) is 3.13. The van der Waals surface area contributed by atoms with Gasteiger partial charge < -0.3 is 21.1 Å². The van der Waals surface area contributed by atoms with E-state index in [-0.39, 0.29) is 19.0 Å². The van der Waals surface area contributed by atoms with E-state index in [1.807, 2.05) is 24.4 Å². The van der Waals surface area contributed by atoms with Crippen LogP contribution in [0.2, 0.25) is 0 Å². The van der Waals surface area contributed by atoms with Crippen molar-refractivity contribution in [2.75, 3.05) is 25.0 Å². The Bertz CT molecular complexity index is 747. The van der Waals surface area contributed by atoms with Crippen molar-refractivity contribution >= 4 is 28.9 Å². The zero-order valence-corrected chi connectivity index (χ0v) is 15.6. The van der Waals surface area contributed by atoms with Crippen LogP contribution in [0.1, 0.15) is 18.7 Å². The highest BCUT2D eigenvalue weighted by molar-refractivity contribution is 7.10. The van der Waals surface area contributed by atoms with Crippen molar-refractivity contribution in [2.24, 2.45) is 4.99 Å². The van der Waals surface area contributed by atoms with Crippen molar-refractivity contribution in [3.05, 3.63) is 52.5 Å². The van der Waals surface area contributed by atoms with E-state index in [0.717, 1.165) is 4.88 Å². The van der Waals surface area contributed by atoms with Gasteiger partial charge in [0.05, 0.1) is 6.54 Å². The number of carbonyl (C=O) groups excluding carboxylic acids is 1. The molecular formula is C18H23FN4O2S. The number of amides is 1. The first kappa shape index (κ1) is 19.9. The van der Waals surface area contributed by atoms with Crippen molar-refractivity contribution in [2.45, 2.75) is 19.4 Å². The van der Waals surface area contributed by atoms with Crippen LogP contribution in [0, 0.1) is 5.82 Å². The third kappa shape index (κ3) is 6.12. The molecule has 2 aromatic rings. The highest BCUT2D eigenvalue weighted by Crippen LogP contribution is 2.24. The second-order valence-corrected chi connectivity index (χ2v) is 6.81. The molecule has 1 heterocycles. The smallest absolute Gasteiger partial charge is 0.246 e. The molecule has 0 aliphatic heterocycles. The Labute approximate surface area is 156 Å². The predicted octanol–water partition coefficient (Wildman–Crippen LogP) is 2.29. The van der Waals surface area contributed by atoms with Gasteiger partial charge in [-0.2, -0.15) is 0 Å². The molecule has 1 amide bonds. The molecule has 4 N–H and O–H groups in total. The second-order valence-electron chi connectivity index (χ2n) is 5.86. The van der Waals surface area contributed by atoms with E-state index in [4.69, 9.17) is 0 Å². The summed E-state index contributed by atoms with van der Waals surface area (Å²) in [5, 5.41) is 21.1. The molecule has 1 unspecified atom stereocenters. The Morgan fingerprint density at radius 2 is 2.12 bits per heavy atom. The summed E-state index contributed by atoms with van der Waals surface area (Å²) in [6, 6.07) is 9.41. The fourth-order valence-electron chi connectivity index (χ4n) is 2.19. The maximum atomic E-state index is 13.1. The summed E-state index contributed by atoms with van der Waals surface area (Å²) >= 11 is 1.47. The lowest BCUT2D eigenvalue weighted by Gasteiger charge is -2.23. The van der Waals surface area contributed by atoms with Crippen molar-refractivity contribution in [3.63, 3.8) is 0 Å². The number of benzene rings is 1. The standard InChI is InChI=1S/C18H23FN4O2S/c1-3-20-17(22-12-18(2,25)15-8-5-9-26-15)21-11-16(24)23-14-7-4-6-13(19)10-14/h4-10,25H,3,11-12H2,1-2H3,(H,23,24)(H2,20,21,22). The number of thiophene rings is 1. The van der Waals surface area contributed by atoms with Gasteiger partial charge in [0.15, 0.2) is 5.96 Å². The van der Waals surface area contributed by atoms with Crippen LogP contribution >= 0.6 is 11.3 Å². The van der Waals surface area contributed by atoms with E-state index in [1.54, 1.807) is 13.0 Å². The van der Waals surface area contributed by atoms with E-state index in [1.165, 1.54) is 29.5 Å². The molecule has 0 aliphatic carbocycles. The minimum atomic E-state index is -1.05. The predicted molar refractivity (Wildman–Crippen MR) is 103 cm³/mol. The summed E-state index contributed by atoms with van der Waals surface area (Å²) < 4.78 is 13.1. The minimum Gasteiger partial charge on any atom is -0.383 e. The molecule has 6 nitrogen and oxygen atoms in total. The first-order valence-corrected chi connectivity index (χ1v) is 9.12. The number of aliphatic imine (C=N–C) groups is 1. The van der Waals surface area contributed by atoms with Crippen molar-refractivity contribution in [1.29, 1.82) is 0 Å². The lowest BCUT2D eigenvalue weighted by Crippen LogP contribution is -2.44. The third-order valence-electron chi connectivity index (χ3n) is 3.49. The lowest BCUT2D eigenvalue weighted by atomic mass is 10.1. The van der Waals surface area contributed by atoms with Crippen LogP contribution in [0.25, 0.3) is 0 Å². The molecule has 0 bridgehead atoms. The molecule has 0 spiro atoms. The maximum Gasteiger partial charge on any atom is 0.246 e. The van der Waals surface area contributed by atoms with Gasteiger partial charge in [-0.15, -0.1) is 11.3 Å². The summed E-state index contributed by atoms with van der Waals surface area (Å²) in [6.07, 6.45) is 0. The highest BCUT2D eigenvalue weighted by Gasteiger charge is 2.24. The molecule has 8 heteroatoms. The average molecular weight is 378 g/mol. The SMILES string of the molecule is CCNC(=NCC(=O)Nc1cccc(F)c1)NCC(C)(O)c1cccs1. The van der Waals surface area contributed by atoms with E-state index in [2.05, 4.69) is 20.9 Å². The number of aliphatic hydroxyl groups is 1. The van der Waals surface area contributed by atoms with Gasteiger partial charge in [0, 0.05) is 17.1 Å². The molecule has 0 radical (unpaired) electrons. The quantitative estimate of drug-likeness (QED) is 0.440. The van der Waals surface area contributed by atoms with E-state index < -0.39 is 11.4 Å². The number of nitrogens with zero attached hydrogens (tertiary/aromatic N) is 1. The largest absolute Gasteiger partial charge is 0.383 e. The maximum absolute atomic E-state index is 13.1. The molecule has 26 heavy (non-hydrogen) atoms. The van der Waals surface area contributed by atoms with Crippen LogP contribution in [0.5, 0.6) is 0 Å². The Morgan fingerprint density at radius 1 is 1.31 bits per heavy atom. The van der Waals surface area contributed by atoms with Crippen LogP contribution in [0.15, 0.2) is 46.8 Å². The Morgan fingerprint density at radius 3 is 2.77 bits per heavy atom. The van der Waals surface area contributed by atoms with Crippen LogP contribution in [0.3, 0.4) is 0 Å².